The van der Waals surface area contributed by atoms with Gasteiger partial charge in [-0.05, 0) is 29.4 Å². The van der Waals surface area contributed by atoms with Gasteiger partial charge in [0, 0.05) is 30.8 Å². The van der Waals surface area contributed by atoms with Crippen molar-refractivity contribution in [2.75, 3.05) is 26.2 Å². The predicted molar refractivity (Wildman–Crippen MR) is 109 cm³/mol. The zero-order valence-corrected chi connectivity index (χ0v) is 16.1. The summed E-state index contributed by atoms with van der Waals surface area (Å²) in [4.78, 5) is 7.95. The molecule has 0 aromatic heterocycles. The van der Waals surface area contributed by atoms with E-state index in [-0.39, 0.29) is 6.61 Å². The highest BCUT2D eigenvalue weighted by atomic mass is 16.6. The third-order valence-corrected chi connectivity index (χ3v) is 5.49. The van der Waals surface area contributed by atoms with Crippen molar-refractivity contribution in [1.29, 1.82) is 0 Å². The van der Waals surface area contributed by atoms with Gasteiger partial charge in [0.2, 0.25) is 0 Å². The lowest BCUT2D eigenvalue weighted by Gasteiger charge is -2.35. The first kappa shape index (κ1) is 18.2. The van der Waals surface area contributed by atoms with Crippen molar-refractivity contribution in [3.8, 4) is 11.1 Å². The number of aliphatic hydroxyl groups excluding tert-OH is 1. The lowest BCUT2D eigenvalue weighted by atomic mass is 9.92. The molecule has 4 nitrogen and oxygen atoms in total. The molecule has 1 N–H and O–H groups in total. The molecule has 2 aromatic carbocycles. The van der Waals surface area contributed by atoms with Gasteiger partial charge in [-0.3, -0.25) is 0 Å². The molecule has 142 valence electrons. The van der Waals surface area contributed by atoms with Crippen LogP contribution in [0, 0.1) is 11.8 Å². The van der Waals surface area contributed by atoms with Crippen molar-refractivity contribution in [2.45, 2.75) is 26.4 Å². The van der Waals surface area contributed by atoms with Crippen molar-refractivity contribution in [2.24, 2.45) is 17.0 Å². The quantitative estimate of drug-likeness (QED) is 0.701. The second-order valence-corrected chi connectivity index (χ2v) is 8.15. The van der Waals surface area contributed by atoms with E-state index in [9.17, 15) is 5.11 Å². The number of oxime groups is 1. The Morgan fingerprint density at radius 1 is 0.963 bits per heavy atom. The second kappa shape index (κ2) is 7.83. The molecule has 4 rings (SSSR count). The van der Waals surface area contributed by atoms with Crippen molar-refractivity contribution < 1.29 is 9.94 Å². The van der Waals surface area contributed by atoms with Gasteiger partial charge in [0.05, 0.1) is 0 Å². The molecular formula is C23H28N2O2. The summed E-state index contributed by atoms with van der Waals surface area (Å²) in [7, 11) is 0. The van der Waals surface area contributed by atoms with Gasteiger partial charge in [-0.1, -0.05) is 67.5 Å². The Morgan fingerprint density at radius 3 is 2.04 bits per heavy atom. The fourth-order valence-corrected chi connectivity index (χ4v) is 4.57. The minimum absolute atomic E-state index is 0.215. The Labute approximate surface area is 161 Å². The van der Waals surface area contributed by atoms with Gasteiger partial charge in [0.15, 0.2) is 0 Å². The number of β-amino-alcohol motifs (C(OH)–C–C–N with tert-alkyl or cyclic N) is 1. The van der Waals surface area contributed by atoms with E-state index < -0.39 is 6.10 Å². The largest absolute Gasteiger partial charge is 0.392 e. The van der Waals surface area contributed by atoms with E-state index in [2.05, 4.69) is 48.2 Å². The molecule has 3 unspecified atom stereocenters. The summed E-state index contributed by atoms with van der Waals surface area (Å²) in [5, 5.41) is 14.8. The first-order chi connectivity index (χ1) is 13.1. The molecule has 1 aliphatic carbocycles. The third kappa shape index (κ3) is 3.92. The standard InChI is InChI=1S/C23H28N2O2/c1-16-11-17(2)13-25(12-16)14-18(26)15-27-24-23-21-9-5-3-7-19(21)20-8-4-6-10-22(20)23/h3-10,16-18,26H,11-15H2,1-2H3. The Kier molecular flexibility index (Phi) is 5.28. The minimum atomic E-state index is -0.529. The summed E-state index contributed by atoms with van der Waals surface area (Å²) in [6.45, 7) is 7.53. The number of hydrogen-bond donors (Lipinski definition) is 1. The number of nitrogens with zero attached hydrogens (tertiary/aromatic N) is 2. The molecule has 0 radical (unpaired) electrons. The van der Waals surface area contributed by atoms with Crippen LogP contribution in [-0.2, 0) is 4.84 Å². The summed E-state index contributed by atoms with van der Waals surface area (Å²) < 4.78 is 0. The van der Waals surface area contributed by atoms with Crippen LogP contribution in [0.25, 0.3) is 11.1 Å². The number of fused-ring (bicyclic) bond motifs is 3. The normalized spacial score (nSPS) is 22.9. The summed E-state index contributed by atoms with van der Waals surface area (Å²) in [6.07, 6.45) is 0.744. The topological polar surface area (TPSA) is 45.1 Å². The average molecular weight is 364 g/mol. The van der Waals surface area contributed by atoms with E-state index in [1.54, 1.807) is 0 Å². The van der Waals surface area contributed by atoms with Crippen LogP contribution >= 0.6 is 0 Å². The van der Waals surface area contributed by atoms with Gasteiger partial charge in [0.25, 0.3) is 0 Å². The minimum Gasteiger partial charge on any atom is -0.392 e. The monoisotopic (exact) mass is 364 g/mol. The van der Waals surface area contributed by atoms with E-state index in [1.165, 1.54) is 17.5 Å². The number of piperidine rings is 1. The van der Waals surface area contributed by atoms with Crippen LogP contribution in [-0.4, -0.2) is 48.1 Å². The SMILES string of the molecule is CC1CC(C)CN(CC(O)CON=C2c3ccccc3-c3ccccc32)C1. The molecule has 1 heterocycles. The van der Waals surface area contributed by atoms with Gasteiger partial charge in [-0.25, -0.2) is 0 Å². The molecule has 2 aliphatic rings. The second-order valence-electron chi connectivity index (χ2n) is 8.15. The highest BCUT2D eigenvalue weighted by molar-refractivity contribution is 6.24. The highest BCUT2D eigenvalue weighted by Gasteiger charge is 2.25. The summed E-state index contributed by atoms with van der Waals surface area (Å²) in [5.41, 5.74) is 5.41. The Hall–Kier alpha value is -2.17. The van der Waals surface area contributed by atoms with E-state index in [0.717, 1.165) is 29.9 Å². The lowest BCUT2D eigenvalue weighted by Crippen LogP contribution is -2.43. The number of aliphatic hydroxyl groups is 1. The smallest absolute Gasteiger partial charge is 0.144 e. The van der Waals surface area contributed by atoms with Crippen molar-refractivity contribution in [3.63, 3.8) is 0 Å². The number of likely N-dealkylation sites (tertiary alicyclic amines) is 1. The molecule has 0 amide bonds. The van der Waals surface area contributed by atoms with Crippen LogP contribution in [0.15, 0.2) is 53.7 Å². The van der Waals surface area contributed by atoms with E-state index in [0.29, 0.717) is 18.4 Å². The predicted octanol–water partition coefficient (Wildman–Crippen LogP) is 3.77. The summed E-state index contributed by atoms with van der Waals surface area (Å²) in [5.74, 6) is 1.38. The van der Waals surface area contributed by atoms with E-state index in [1.807, 2.05) is 24.3 Å². The molecule has 1 saturated heterocycles. The average Bonchev–Trinajstić information content (AvgIpc) is 2.95. The van der Waals surface area contributed by atoms with Gasteiger partial charge < -0.3 is 14.8 Å². The molecule has 0 bridgehead atoms. The van der Waals surface area contributed by atoms with Gasteiger partial charge >= 0.3 is 0 Å². The summed E-state index contributed by atoms with van der Waals surface area (Å²) >= 11 is 0. The first-order valence-corrected chi connectivity index (χ1v) is 9.91. The molecule has 4 heteroatoms. The third-order valence-electron chi connectivity index (χ3n) is 5.49. The number of hydrogen-bond acceptors (Lipinski definition) is 4. The van der Waals surface area contributed by atoms with Crippen LogP contribution in [0.3, 0.4) is 0 Å². The number of rotatable bonds is 5. The van der Waals surface area contributed by atoms with Crippen molar-refractivity contribution >= 4 is 5.71 Å². The maximum Gasteiger partial charge on any atom is 0.144 e. The molecule has 1 fully saturated rings. The van der Waals surface area contributed by atoms with Crippen molar-refractivity contribution in [1.82, 2.24) is 4.90 Å². The maximum atomic E-state index is 10.4. The van der Waals surface area contributed by atoms with Crippen LogP contribution in [0.1, 0.15) is 31.4 Å². The van der Waals surface area contributed by atoms with Crippen LogP contribution in [0.5, 0.6) is 0 Å². The fraction of sp³-hybridized carbons (Fsp3) is 0.435. The molecule has 0 saturated carbocycles. The zero-order valence-electron chi connectivity index (χ0n) is 16.1. The van der Waals surface area contributed by atoms with Gasteiger partial charge in [-0.2, -0.15) is 0 Å². The Morgan fingerprint density at radius 2 is 1.48 bits per heavy atom. The zero-order chi connectivity index (χ0) is 18.8. The molecule has 2 aromatic rings. The van der Waals surface area contributed by atoms with Gasteiger partial charge in [-0.15, -0.1) is 0 Å². The van der Waals surface area contributed by atoms with Crippen LogP contribution < -0.4 is 0 Å². The molecule has 0 spiro atoms. The first-order valence-electron chi connectivity index (χ1n) is 9.91. The fourth-order valence-electron chi connectivity index (χ4n) is 4.57. The molecule has 3 atom stereocenters. The Balaban J connectivity index is 1.41. The maximum absolute atomic E-state index is 10.4. The molecular weight excluding hydrogens is 336 g/mol. The van der Waals surface area contributed by atoms with Crippen LogP contribution in [0.2, 0.25) is 0 Å². The van der Waals surface area contributed by atoms with Crippen molar-refractivity contribution in [3.05, 3.63) is 59.7 Å². The number of benzene rings is 2. The highest BCUT2D eigenvalue weighted by Crippen LogP contribution is 2.36. The van der Waals surface area contributed by atoms with E-state index >= 15 is 0 Å². The lowest BCUT2D eigenvalue weighted by molar-refractivity contribution is 0.00660. The summed E-state index contributed by atoms with van der Waals surface area (Å²) in [6, 6.07) is 16.5. The molecule has 27 heavy (non-hydrogen) atoms. The van der Waals surface area contributed by atoms with Crippen LogP contribution in [0.4, 0.5) is 0 Å². The Bertz CT molecular complexity index is 775. The van der Waals surface area contributed by atoms with E-state index in [4.69, 9.17) is 4.84 Å². The molecule has 1 aliphatic heterocycles. The van der Waals surface area contributed by atoms with Gasteiger partial charge in [0.1, 0.15) is 18.4 Å².